The summed E-state index contributed by atoms with van der Waals surface area (Å²) in [6, 6.07) is 3.39. The Kier molecular flexibility index (Phi) is 3.06. The minimum Gasteiger partial charge on any atom is -0.456 e. The quantitative estimate of drug-likeness (QED) is 0.822. The number of imidazole rings is 1. The summed E-state index contributed by atoms with van der Waals surface area (Å²) >= 11 is 3.25. The molecule has 0 radical (unpaired) electrons. The van der Waals surface area contributed by atoms with Crippen LogP contribution in [0.2, 0.25) is 0 Å². The highest BCUT2D eigenvalue weighted by molar-refractivity contribution is 9.10. The van der Waals surface area contributed by atoms with E-state index < -0.39 is 5.60 Å². The average Bonchev–Trinajstić information content (AvgIpc) is 2.52. The van der Waals surface area contributed by atoms with Gasteiger partial charge in [0.1, 0.15) is 21.7 Å². The third-order valence-corrected chi connectivity index (χ3v) is 2.83. The average molecular weight is 312 g/mol. The Balaban J connectivity index is 2.41. The van der Waals surface area contributed by atoms with Crippen molar-refractivity contribution in [2.75, 3.05) is 5.73 Å². The summed E-state index contributed by atoms with van der Waals surface area (Å²) in [7, 11) is 0. The van der Waals surface area contributed by atoms with Crippen LogP contribution < -0.4 is 5.73 Å². The molecule has 2 aromatic rings. The van der Waals surface area contributed by atoms with Crippen molar-refractivity contribution in [3.8, 4) is 0 Å². The zero-order valence-electron chi connectivity index (χ0n) is 10.4. The van der Waals surface area contributed by atoms with Gasteiger partial charge in [-0.2, -0.15) is 0 Å². The molecule has 0 amide bonds. The van der Waals surface area contributed by atoms with Crippen molar-refractivity contribution in [1.29, 1.82) is 0 Å². The van der Waals surface area contributed by atoms with Crippen molar-refractivity contribution >= 4 is 33.4 Å². The lowest BCUT2D eigenvalue weighted by molar-refractivity contribution is 0.00690. The molecule has 6 heteroatoms. The van der Waals surface area contributed by atoms with Crippen LogP contribution in [0.4, 0.5) is 5.82 Å². The fourth-order valence-electron chi connectivity index (χ4n) is 1.49. The van der Waals surface area contributed by atoms with E-state index in [4.69, 9.17) is 10.5 Å². The Hall–Kier alpha value is -1.56. The summed E-state index contributed by atoms with van der Waals surface area (Å²) in [5.41, 5.74) is 6.43. The molecule has 2 heterocycles. The lowest BCUT2D eigenvalue weighted by atomic mass is 10.2. The Bertz CT molecular complexity index is 614. The number of carbonyl (C=O) groups is 1. The minimum atomic E-state index is -0.521. The first-order chi connectivity index (χ1) is 8.28. The SMILES string of the molecule is CC(C)(C)OC(=O)c1ccc2nc(Br)c(N)n2c1. The van der Waals surface area contributed by atoms with E-state index in [1.165, 1.54) is 0 Å². The lowest BCUT2D eigenvalue weighted by Gasteiger charge is -2.19. The molecule has 0 aliphatic rings. The summed E-state index contributed by atoms with van der Waals surface area (Å²) in [5, 5.41) is 0. The maximum atomic E-state index is 11.9. The molecular weight excluding hydrogens is 298 g/mol. The van der Waals surface area contributed by atoms with Gasteiger partial charge in [-0.15, -0.1) is 0 Å². The second kappa shape index (κ2) is 4.28. The van der Waals surface area contributed by atoms with Crippen LogP contribution >= 0.6 is 15.9 Å². The number of hydrogen-bond donors (Lipinski definition) is 1. The maximum absolute atomic E-state index is 11.9. The number of carbonyl (C=O) groups excluding carboxylic acids is 1. The summed E-state index contributed by atoms with van der Waals surface area (Å²) in [5.74, 6) is 0.0732. The molecule has 0 spiro atoms. The van der Waals surface area contributed by atoms with Crippen LogP contribution in [0.3, 0.4) is 0 Å². The van der Waals surface area contributed by atoms with Gasteiger partial charge < -0.3 is 10.5 Å². The van der Waals surface area contributed by atoms with Gasteiger partial charge >= 0.3 is 5.97 Å². The Morgan fingerprint density at radius 1 is 1.44 bits per heavy atom. The van der Waals surface area contributed by atoms with Gasteiger partial charge in [0, 0.05) is 6.20 Å². The summed E-state index contributed by atoms with van der Waals surface area (Å²) in [6.45, 7) is 5.47. The molecule has 0 fully saturated rings. The van der Waals surface area contributed by atoms with Crippen LogP contribution in [0.1, 0.15) is 31.1 Å². The third kappa shape index (κ3) is 2.48. The van der Waals surface area contributed by atoms with Gasteiger partial charge in [-0.25, -0.2) is 9.78 Å². The first-order valence-electron chi connectivity index (χ1n) is 5.44. The smallest absolute Gasteiger partial charge is 0.340 e. The predicted octanol–water partition coefficient (Wildman–Crippen LogP) is 2.63. The van der Waals surface area contributed by atoms with Crippen molar-refractivity contribution in [3.05, 3.63) is 28.5 Å². The van der Waals surface area contributed by atoms with Crippen LogP contribution in [0.15, 0.2) is 22.9 Å². The third-order valence-electron chi connectivity index (χ3n) is 2.25. The van der Waals surface area contributed by atoms with Crippen molar-refractivity contribution in [2.45, 2.75) is 26.4 Å². The van der Waals surface area contributed by atoms with Crippen LogP contribution in [0.25, 0.3) is 5.65 Å². The standard InChI is InChI=1S/C12H14BrN3O2/c1-12(2,3)18-11(17)7-4-5-8-15-9(13)10(14)16(8)6-7/h4-6H,14H2,1-3H3. The van der Waals surface area contributed by atoms with E-state index in [1.807, 2.05) is 20.8 Å². The molecule has 0 aromatic carbocycles. The van der Waals surface area contributed by atoms with Crippen LogP contribution in [-0.2, 0) is 4.74 Å². The molecule has 96 valence electrons. The number of pyridine rings is 1. The number of aromatic nitrogens is 2. The summed E-state index contributed by atoms with van der Waals surface area (Å²) in [6.07, 6.45) is 1.62. The molecule has 2 N–H and O–H groups in total. The Morgan fingerprint density at radius 2 is 2.11 bits per heavy atom. The normalized spacial score (nSPS) is 11.8. The number of nitrogens with zero attached hydrogens (tertiary/aromatic N) is 2. The fraction of sp³-hybridized carbons (Fsp3) is 0.333. The first kappa shape index (κ1) is 12.9. The molecule has 2 aromatic heterocycles. The van der Waals surface area contributed by atoms with Gasteiger partial charge in [-0.1, -0.05) is 0 Å². The highest BCUT2D eigenvalue weighted by Crippen LogP contribution is 2.21. The van der Waals surface area contributed by atoms with Gasteiger partial charge in [0.05, 0.1) is 5.56 Å². The van der Waals surface area contributed by atoms with Crippen LogP contribution in [-0.4, -0.2) is 21.0 Å². The van der Waals surface area contributed by atoms with Crippen LogP contribution in [0.5, 0.6) is 0 Å². The first-order valence-corrected chi connectivity index (χ1v) is 6.24. The van der Waals surface area contributed by atoms with E-state index in [2.05, 4.69) is 20.9 Å². The molecule has 18 heavy (non-hydrogen) atoms. The van der Waals surface area contributed by atoms with E-state index in [9.17, 15) is 4.79 Å². The number of esters is 1. The molecule has 0 saturated heterocycles. The number of anilines is 1. The summed E-state index contributed by atoms with van der Waals surface area (Å²) < 4.78 is 7.50. The van der Waals surface area contributed by atoms with Crippen molar-refractivity contribution < 1.29 is 9.53 Å². The number of halogens is 1. The van der Waals surface area contributed by atoms with Gasteiger partial charge in [0.25, 0.3) is 0 Å². The molecule has 5 nitrogen and oxygen atoms in total. The van der Waals surface area contributed by atoms with E-state index in [0.29, 0.717) is 21.6 Å². The molecule has 0 bridgehead atoms. The minimum absolute atomic E-state index is 0.381. The van der Waals surface area contributed by atoms with E-state index in [0.717, 1.165) is 0 Å². The fourth-order valence-corrected chi connectivity index (χ4v) is 1.86. The molecule has 0 unspecified atom stereocenters. The highest BCUT2D eigenvalue weighted by Gasteiger charge is 2.18. The number of ether oxygens (including phenoxy) is 1. The monoisotopic (exact) mass is 311 g/mol. The zero-order chi connectivity index (χ0) is 13.5. The number of rotatable bonds is 1. The largest absolute Gasteiger partial charge is 0.456 e. The van der Waals surface area contributed by atoms with E-state index in [1.54, 1.807) is 22.7 Å². The molecule has 0 saturated carbocycles. The predicted molar refractivity (Wildman–Crippen MR) is 72.5 cm³/mol. The van der Waals surface area contributed by atoms with E-state index >= 15 is 0 Å². The number of fused-ring (bicyclic) bond motifs is 1. The second-order valence-corrected chi connectivity index (χ2v) is 5.69. The van der Waals surface area contributed by atoms with Gasteiger partial charge in [-0.05, 0) is 48.8 Å². The number of nitrogens with two attached hydrogens (primary N) is 1. The maximum Gasteiger partial charge on any atom is 0.340 e. The van der Waals surface area contributed by atoms with Crippen LogP contribution in [0, 0.1) is 0 Å². The number of nitrogen functional groups attached to an aromatic ring is 1. The molecule has 0 aliphatic carbocycles. The number of hydrogen-bond acceptors (Lipinski definition) is 4. The summed E-state index contributed by atoms with van der Waals surface area (Å²) in [4.78, 5) is 16.1. The lowest BCUT2D eigenvalue weighted by Crippen LogP contribution is -2.24. The highest BCUT2D eigenvalue weighted by atomic mass is 79.9. The molecular formula is C12H14BrN3O2. The van der Waals surface area contributed by atoms with Crippen molar-refractivity contribution in [3.63, 3.8) is 0 Å². The second-order valence-electron chi connectivity index (χ2n) is 4.94. The van der Waals surface area contributed by atoms with Gasteiger partial charge in [0.15, 0.2) is 0 Å². The molecule has 0 atom stereocenters. The zero-order valence-corrected chi connectivity index (χ0v) is 12.0. The van der Waals surface area contributed by atoms with Gasteiger partial charge in [0.2, 0.25) is 0 Å². The van der Waals surface area contributed by atoms with E-state index in [-0.39, 0.29) is 5.97 Å². The molecule has 0 aliphatic heterocycles. The Morgan fingerprint density at radius 3 is 2.72 bits per heavy atom. The van der Waals surface area contributed by atoms with Crippen molar-refractivity contribution in [2.24, 2.45) is 0 Å². The van der Waals surface area contributed by atoms with Crippen molar-refractivity contribution in [1.82, 2.24) is 9.38 Å². The molecule has 2 rings (SSSR count). The van der Waals surface area contributed by atoms with Gasteiger partial charge in [-0.3, -0.25) is 4.40 Å². The Labute approximate surface area is 113 Å². The topological polar surface area (TPSA) is 69.6 Å².